The highest BCUT2D eigenvalue weighted by Gasteiger charge is 2.28. The lowest BCUT2D eigenvalue weighted by Crippen LogP contribution is -2.38. The molecular weight excluding hydrogens is 405 g/mol. The summed E-state index contributed by atoms with van der Waals surface area (Å²) < 4.78 is 14.1. The summed E-state index contributed by atoms with van der Waals surface area (Å²) in [4.78, 5) is 23.1. The van der Waals surface area contributed by atoms with Crippen molar-refractivity contribution < 1.29 is 9.18 Å². The van der Waals surface area contributed by atoms with Crippen LogP contribution in [0.2, 0.25) is 5.02 Å². The minimum atomic E-state index is -0.358. The average molecular weight is 424 g/mol. The summed E-state index contributed by atoms with van der Waals surface area (Å²) in [5, 5.41) is 13.5. The zero-order chi connectivity index (χ0) is 21.3. The molecule has 152 valence electrons. The first kappa shape index (κ1) is 20.0. The number of halogens is 2. The van der Waals surface area contributed by atoms with Crippen LogP contribution < -0.4 is 10.2 Å². The number of pyridine rings is 2. The topological polar surface area (TPSA) is 81.9 Å². The van der Waals surface area contributed by atoms with E-state index in [1.807, 2.05) is 4.90 Å². The van der Waals surface area contributed by atoms with Crippen LogP contribution in [0, 0.1) is 30.0 Å². The summed E-state index contributed by atoms with van der Waals surface area (Å²) in [6.07, 6.45) is 4.25. The molecule has 3 heterocycles. The predicted octanol–water partition coefficient (Wildman–Crippen LogP) is 4.46. The summed E-state index contributed by atoms with van der Waals surface area (Å²) in [7, 11) is 0. The number of aryl methyl sites for hydroxylation is 1. The summed E-state index contributed by atoms with van der Waals surface area (Å²) in [6, 6.07) is 8.37. The molecule has 0 bridgehead atoms. The standard InChI is InChI=1S/C22H19ClFN5O/c1-13-8-17(24)9-18-20(13)27-11-15(10-25)21(18)29-6-4-14(5-7-29)22(30)28-19-3-2-16(23)12-26-19/h2-3,8-9,11-12,14H,4-7H2,1H3,(H,26,28,30). The van der Waals surface area contributed by atoms with Crippen LogP contribution in [0.5, 0.6) is 0 Å². The maximum Gasteiger partial charge on any atom is 0.228 e. The number of rotatable bonds is 3. The Labute approximate surface area is 178 Å². The Morgan fingerprint density at radius 2 is 2.03 bits per heavy atom. The van der Waals surface area contributed by atoms with Gasteiger partial charge in [-0.05, 0) is 49.6 Å². The summed E-state index contributed by atoms with van der Waals surface area (Å²) in [6.45, 7) is 2.96. The minimum Gasteiger partial charge on any atom is -0.370 e. The number of nitrogens with zero attached hydrogens (tertiary/aromatic N) is 4. The van der Waals surface area contributed by atoms with Crippen LogP contribution in [-0.4, -0.2) is 29.0 Å². The lowest BCUT2D eigenvalue weighted by Gasteiger charge is -2.34. The van der Waals surface area contributed by atoms with Gasteiger partial charge in [-0.15, -0.1) is 0 Å². The molecule has 1 aliphatic heterocycles. The van der Waals surface area contributed by atoms with Crippen molar-refractivity contribution in [3.05, 3.63) is 58.6 Å². The molecule has 1 fully saturated rings. The predicted molar refractivity (Wildman–Crippen MR) is 114 cm³/mol. The number of anilines is 2. The Bertz CT molecular complexity index is 1150. The van der Waals surface area contributed by atoms with E-state index in [0.29, 0.717) is 58.9 Å². The van der Waals surface area contributed by atoms with Crippen LogP contribution in [0.3, 0.4) is 0 Å². The van der Waals surface area contributed by atoms with Gasteiger partial charge in [0.2, 0.25) is 5.91 Å². The van der Waals surface area contributed by atoms with Gasteiger partial charge >= 0.3 is 0 Å². The van der Waals surface area contributed by atoms with Gasteiger partial charge in [-0.25, -0.2) is 9.37 Å². The maximum atomic E-state index is 14.1. The van der Waals surface area contributed by atoms with Crippen molar-refractivity contribution in [1.82, 2.24) is 9.97 Å². The highest BCUT2D eigenvalue weighted by atomic mass is 35.5. The first-order valence-corrected chi connectivity index (χ1v) is 10.0. The molecule has 1 saturated heterocycles. The number of fused-ring (bicyclic) bond motifs is 1. The molecule has 2 aromatic heterocycles. The maximum absolute atomic E-state index is 14.1. The number of amides is 1. The smallest absolute Gasteiger partial charge is 0.228 e. The third-order valence-corrected chi connectivity index (χ3v) is 5.60. The highest BCUT2D eigenvalue weighted by Crippen LogP contribution is 2.34. The number of nitrogens with one attached hydrogen (secondary N) is 1. The second-order valence-electron chi connectivity index (χ2n) is 7.36. The summed E-state index contributed by atoms with van der Waals surface area (Å²) >= 11 is 5.83. The van der Waals surface area contributed by atoms with E-state index in [2.05, 4.69) is 21.4 Å². The van der Waals surface area contributed by atoms with Gasteiger partial charge in [0, 0.05) is 36.8 Å². The Balaban J connectivity index is 1.54. The lowest BCUT2D eigenvalue weighted by molar-refractivity contribution is -0.120. The molecule has 0 atom stereocenters. The molecule has 0 aliphatic carbocycles. The number of piperidine rings is 1. The minimum absolute atomic E-state index is 0.0912. The molecule has 6 nitrogen and oxygen atoms in total. The first-order chi connectivity index (χ1) is 14.5. The molecule has 30 heavy (non-hydrogen) atoms. The van der Waals surface area contributed by atoms with Crippen LogP contribution in [-0.2, 0) is 4.79 Å². The van der Waals surface area contributed by atoms with E-state index in [0.717, 1.165) is 5.56 Å². The molecular formula is C22H19ClFN5O. The van der Waals surface area contributed by atoms with Crippen molar-refractivity contribution in [2.45, 2.75) is 19.8 Å². The molecule has 0 saturated carbocycles. The van der Waals surface area contributed by atoms with Gasteiger partial charge in [0.1, 0.15) is 17.7 Å². The van der Waals surface area contributed by atoms with Crippen LogP contribution in [0.1, 0.15) is 24.0 Å². The van der Waals surface area contributed by atoms with Crippen LogP contribution in [0.4, 0.5) is 15.9 Å². The van der Waals surface area contributed by atoms with Gasteiger partial charge in [0.25, 0.3) is 0 Å². The normalized spacial score (nSPS) is 14.5. The zero-order valence-corrected chi connectivity index (χ0v) is 17.1. The quantitative estimate of drug-likeness (QED) is 0.672. The van der Waals surface area contributed by atoms with Crippen LogP contribution in [0.25, 0.3) is 10.9 Å². The Morgan fingerprint density at radius 3 is 2.70 bits per heavy atom. The van der Waals surface area contributed by atoms with Crippen molar-refractivity contribution in [1.29, 1.82) is 5.26 Å². The number of benzene rings is 1. The van der Waals surface area contributed by atoms with E-state index in [1.54, 1.807) is 19.1 Å². The van der Waals surface area contributed by atoms with E-state index in [-0.39, 0.29) is 17.6 Å². The lowest BCUT2D eigenvalue weighted by atomic mass is 9.94. The Kier molecular flexibility index (Phi) is 5.51. The summed E-state index contributed by atoms with van der Waals surface area (Å²) in [5.74, 6) is -0.158. The molecule has 1 amide bonds. The fraction of sp³-hybridized carbons (Fsp3) is 0.273. The van der Waals surface area contributed by atoms with Crippen LogP contribution >= 0.6 is 11.6 Å². The monoisotopic (exact) mass is 423 g/mol. The van der Waals surface area contributed by atoms with Crippen molar-refractivity contribution in [3.63, 3.8) is 0 Å². The molecule has 1 aromatic carbocycles. The van der Waals surface area contributed by atoms with Crippen molar-refractivity contribution in [2.75, 3.05) is 23.3 Å². The Morgan fingerprint density at radius 1 is 1.27 bits per heavy atom. The number of nitriles is 1. The number of hydrogen-bond donors (Lipinski definition) is 1. The van der Waals surface area contributed by atoms with E-state index in [1.165, 1.54) is 24.5 Å². The van der Waals surface area contributed by atoms with Crippen molar-refractivity contribution in [2.24, 2.45) is 5.92 Å². The fourth-order valence-corrected chi connectivity index (χ4v) is 4.00. The number of carbonyl (C=O) groups is 1. The van der Waals surface area contributed by atoms with E-state index >= 15 is 0 Å². The van der Waals surface area contributed by atoms with Gasteiger partial charge in [-0.2, -0.15) is 5.26 Å². The molecule has 0 spiro atoms. The first-order valence-electron chi connectivity index (χ1n) is 9.62. The van der Waals surface area contributed by atoms with Crippen LogP contribution in [0.15, 0.2) is 36.7 Å². The van der Waals surface area contributed by atoms with E-state index < -0.39 is 0 Å². The third kappa shape index (κ3) is 3.91. The second-order valence-corrected chi connectivity index (χ2v) is 7.80. The molecule has 8 heteroatoms. The second kappa shape index (κ2) is 8.25. The third-order valence-electron chi connectivity index (χ3n) is 5.38. The zero-order valence-electron chi connectivity index (χ0n) is 16.3. The van der Waals surface area contributed by atoms with E-state index in [4.69, 9.17) is 11.6 Å². The number of carbonyl (C=O) groups excluding carboxylic acids is 1. The largest absolute Gasteiger partial charge is 0.370 e. The van der Waals surface area contributed by atoms with Gasteiger partial charge in [-0.1, -0.05) is 11.6 Å². The van der Waals surface area contributed by atoms with Gasteiger partial charge in [0.15, 0.2) is 0 Å². The average Bonchev–Trinajstić information content (AvgIpc) is 2.74. The molecule has 3 aromatic rings. The van der Waals surface area contributed by atoms with Crippen molar-refractivity contribution in [3.8, 4) is 6.07 Å². The highest BCUT2D eigenvalue weighted by molar-refractivity contribution is 6.30. The molecule has 1 aliphatic rings. The molecule has 4 rings (SSSR count). The number of aromatic nitrogens is 2. The van der Waals surface area contributed by atoms with Crippen molar-refractivity contribution >= 4 is 39.9 Å². The van der Waals surface area contributed by atoms with Gasteiger partial charge < -0.3 is 10.2 Å². The SMILES string of the molecule is Cc1cc(F)cc2c(N3CCC(C(=O)Nc4ccc(Cl)cn4)CC3)c(C#N)cnc12. The molecule has 1 N–H and O–H groups in total. The summed E-state index contributed by atoms with van der Waals surface area (Å²) in [5.41, 5.74) is 2.49. The van der Waals surface area contributed by atoms with Gasteiger partial charge in [0.05, 0.1) is 21.8 Å². The van der Waals surface area contributed by atoms with E-state index in [9.17, 15) is 14.4 Å². The number of hydrogen-bond acceptors (Lipinski definition) is 5. The Hall–Kier alpha value is -3.24. The fourth-order valence-electron chi connectivity index (χ4n) is 3.89. The molecule has 0 unspecified atom stereocenters. The van der Waals surface area contributed by atoms with Gasteiger partial charge in [-0.3, -0.25) is 9.78 Å². The molecule has 0 radical (unpaired) electrons.